The topological polar surface area (TPSA) is 96.2 Å². The lowest BCUT2D eigenvalue weighted by Gasteiger charge is -2.40. The minimum Gasteiger partial charge on any atom is -0.378 e. The number of hydrogen-bond acceptors (Lipinski definition) is 7. The van der Waals surface area contributed by atoms with Crippen LogP contribution in [0.5, 0.6) is 0 Å². The summed E-state index contributed by atoms with van der Waals surface area (Å²) in [6, 6.07) is 9.24. The normalized spacial score (nSPS) is 20.0. The Hall–Kier alpha value is -2.27. The molecule has 2 aliphatic rings. The first-order valence-corrected chi connectivity index (χ1v) is 11.9. The van der Waals surface area contributed by atoms with Crippen molar-refractivity contribution in [3.05, 3.63) is 47.3 Å². The number of ether oxygens (including phenoxy) is 1. The van der Waals surface area contributed by atoms with Gasteiger partial charge in [-0.25, -0.2) is 8.42 Å². The van der Waals surface area contributed by atoms with Gasteiger partial charge in [-0.05, 0) is 19.4 Å². The molecular weight excluding hydrogens is 420 g/mol. The molecule has 3 heterocycles. The Morgan fingerprint density at radius 1 is 1.00 bits per heavy atom. The minimum atomic E-state index is -3.70. The van der Waals surface area contributed by atoms with Gasteiger partial charge in [-0.1, -0.05) is 35.5 Å². The summed E-state index contributed by atoms with van der Waals surface area (Å²) in [5.41, 5.74) is 1.28. The number of piperazine rings is 1. The summed E-state index contributed by atoms with van der Waals surface area (Å²) in [5, 5.41) is 3.78. The lowest BCUT2D eigenvalue weighted by molar-refractivity contribution is -0.142. The summed E-state index contributed by atoms with van der Waals surface area (Å²) in [5.74, 6) is 0.334. The van der Waals surface area contributed by atoms with Gasteiger partial charge in [-0.15, -0.1) is 0 Å². The van der Waals surface area contributed by atoms with E-state index in [1.807, 2.05) is 35.2 Å². The molecule has 0 aliphatic carbocycles. The summed E-state index contributed by atoms with van der Waals surface area (Å²) >= 11 is 0. The zero-order chi connectivity index (χ0) is 22.0. The van der Waals surface area contributed by atoms with Gasteiger partial charge in [0.2, 0.25) is 15.9 Å². The second-order valence-electron chi connectivity index (χ2n) is 7.84. The number of morpholine rings is 1. The average Bonchev–Trinajstić information content (AvgIpc) is 3.14. The first kappa shape index (κ1) is 21.9. The van der Waals surface area contributed by atoms with E-state index in [2.05, 4.69) is 10.1 Å². The third kappa shape index (κ3) is 4.38. The Balaban J connectivity index is 1.53. The molecule has 1 aromatic heterocycles. The molecule has 2 fully saturated rings. The van der Waals surface area contributed by atoms with Crippen LogP contribution in [0.25, 0.3) is 0 Å². The van der Waals surface area contributed by atoms with Crippen LogP contribution in [0.15, 0.2) is 39.8 Å². The van der Waals surface area contributed by atoms with E-state index in [1.54, 1.807) is 13.8 Å². The van der Waals surface area contributed by atoms with Crippen LogP contribution in [0.1, 0.15) is 23.1 Å². The van der Waals surface area contributed by atoms with Crippen molar-refractivity contribution in [2.24, 2.45) is 0 Å². The van der Waals surface area contributed by atoms with Crippen molar-refractivity contribution in [3.63, 3.8) is 0 Å². The van der Waals surface area contributed by atoms with E-state index in [9.17, 15) is 13.2 Å². The molecule has 168 valence electrons. The summed E-state index contributed by atoms with van der Waals surface area (Å²) < 4.78 is 38.2. The second-order valence-corrected chi connectivity index (χ2v) is 9.72. The zero-order valence-corrected chi connectivity index (χ0v) is 18.7. The van der Waals surface area contributed by atoms with Crippen LogP contribution in [-0.2, 0) is 19.6 Å². The van der Waals surface area contributed by atoms with Gasteiger partial charge in [0.25, 0.3) is 0 Å². The van der Waals surface area contributed by atoms with Gasteiger partial charge in [0.15, 0.2) is 5.76 Å². The maximum atomic E-state index is 13.4. The Kier molecular flexibility index (Phi) is 6.42. The van der Waals surface area contributed by atoms with Crippen molar-refractivity contribution in [1.82, 2.24) is 19.3 Å². The molecule has 0 radical (unpaired) electrons. The second kappa shape index (κ2) is 9.07. The van der Waals surface area contributed by atoms with Crippen LogP contribution in [0.3, 0.4) is 0 Å². The fourth-order valence-corrected chi connectivity index (χ4v) is 5.99. The molecule has 0 bridgehead atoms. The average molecular weight is 449 g/mol. The van der Waals surface area contributed by atoms with Crippen molar-refractivity contribution in [2.75, 3.05) is 52.5 Å². The summed E-state index contributed by atoms with van der Waals surface area (Å²) in [6.07, 6.45) is 0. The zero-order valence-electron chi connectivity index (χ0n) is 17.9. The van der Waals surface area contributed by atoms with Crippen molar-refractivity contribution in [2.45, 2.75) is 24.8 Å². The molecule has 10 heteroatoms. The highest BCUT2D eigenvalue weighted by Gasteiger charge is 2.38. The van der Waals surface area contributed by atoms with Gasteiger partial charge >= 0.3 is 0 Å². The van der Waals surface area contributed by atoms with E-state index >= 15 is 0 Å². The molecule has 2 saturated heterocycles. The fourth-order valence-electron chi connectivity index (χ4n) is 4.28. The highest BCUT2D eigenvalue weighted by Crippen LogP contribution is 2.28. The largest absolute Gasteiger partial charge is 0.378 e. The van der Waals surface area contributed by atoms with Crippen LogP contribution in [-0.4, -0.2) is 86.1 Å². The molecule has 4 rings (SSSR count). The maximum absolute atomic E-state index is 13.4. The molecule has 1 amide bonds. The number of amides is 1. The van der Waals surface area contributed by atoms with Crippen molar-refractivity contribution >= 4 is 15.9 Å². The summed E-state index contributed by atoms with van der Waals surface area (Å²) in [4.78, 5) is 17.5. The predicted molar refractivity (Wildman–Crippen MR) is 113 cm³/mol. The van der Waals surface area contributed by atoms with Crippen molar-refractivity contribution in [3.8, 4) is 0 Å². The maximum Gasteiger partial charge on any atom is 0.248 e. The van der Waals surface area contributed by atoms with Gasteiger partial charge in [0.05, 0.1) is 13.2 Å². The van der Waals surface area contributed by atoms with Gasteiger partial charge in [0.1, 0.15) is 16.6 Å². The molecule has 31 heavy (non-hydrogen) atoms. The Morgan fingerprint density at radius 2 is 1.65 bits per heavy atom. The van der Waals surface area contributed by atoms with Gasteiger partial charge in [0, 0.05) is 39.3 Å². The minimum absolute atomic E-state index is 0.0385. The van der Waals surface area contributed by atoms with Gasteiger partial charge in [-0.2, -0.15) is 4.31 Å². The predicted octanol–water partition coefficient (Wildman–Crippen LogP) is 1.20. The SMILES string of the molecule is Cc1noc(C)c1S(=O)(=O)N1CCN([C@@H](C(=O)N2CCOCC2)c2ccccc2)CC1. The third-order valence-corrected chi connectivity index (χ3v) is 8.02. The van der Waals surface area contributed by atoms with E-state index in [-0.39, 0.29) is 10.8 Å². The van der Waals surface area contributed by atoms with Gasteiger partial charge in [-0.3, -0.25) is 9.69 Å². The molecule has 2 aromatic rings. The van der Waals surface area contributed by atoms with Gasteiger partial charge < -0.3 is 14.2 Å². The Labute approximate surface area is 182 Å². The smallest absolute Gasteiger partial charge is 0.248 e. The fraction of sp³-hybridized carbons (Fsp3) is 0.524. The Morgan fingerprint density at radius 3 is 2.23 bits per heavy atom. The molecule has 1 aromatic carbocycles. The standard InChI is InChI=1S/C21H28N4O5S/c1-16-20(17(2)30-22-16)31(27,28)25-10-8-23(9-11-25)19(18-6-4-3-5-7-18)21(26)24-12-14-29-15-13-24/h3-7,19H,8-15H2,1-2H3/t19-/m1/s1. The molecular formula is C21H28N4O5S. The highest BCUT2D eigenvalue weighted by atomic mass is 32.2. The number of carbonyl (C=O) groups is 1. The number of benzene rings is 1. The number of rotatable bonds is 5. The monoisotopic (exact) mass is 448 g/mol. The van der Waals surface area contributed by atoms with E-state index in [1.165, 1.54) is 4.31 Å². The van der Waals surface area contributed by atoms with E-state index < -0.39 is 16.1 Å². The van der Waals surface area contributed by atoms with Crippen LogP contribution in [0, 0.1) is 13.8 Å². The van der Waals surface area contributed by atoms with Crippen molar-refractivity contribution < 1.29 is 22.5 Å². The van der Waals surface area contributed by atoms with E-state index in [0.717, 1.165) is 5.56 Å². The summed E-state index contributed by atoms with van der Waals surface area (Å²) in [6.45, 7) is 6.97. The molecule has 1 atom stereocenters. The lowest BCUT2D eigenvalue weighted by Crippen LogP contribution is -2.54. The van der Waals surface area contributed by atoms with Crippen LogP contribution in [0.2, 0.25) is 0 Å². The molecule has 0 saturated carbocycles. The first-order valence-electron chi connectivity index (χ1n) is 10.5. The summed E-state index contributed by atoms with van der Waals surface area (Å²) in [7, 11) is -3.70. The molecule has 0 unspecified atom stereocenters. The number of sulfonamides is 1. The molecule has 0 N–H and O–H groups in total. The molecule has 9 nitrogen and oxygen atoms in total. The quantitative estimate of drug-likeness (QED) is 0.678. The number of nitrogens with zero attached hydrogens (tertiary/aromatic N) is 4. The third-order valence-electron chi connectivity index (χ3n) is 5.88. The Bertz CT molecular complexity index is 990. The van der Waals surface area contributed by atoms with Crippen LogP contribution in [0.4, 0.5) is 0 Å². The number of hydrogen-bond donors (Lipinski definition) is 0. The number of aromatic nitrogens is 1. The van der Waals surface area contributed by atoms with E-state index in [0.29, 0.717) is 63.9 Å². The highest BCUT2D eigenvalue weighted by molar-refractivity contribution is 7.89. The van der Waals surface area contributed by atoms with Crippen LogP contribution < -0.4 is 0 Å². The first-order chi connectivity index (χ1) is 14.9. The number of aryl methyl sites for hydroxylation is 2. The molecule has 0 spiro atoms. The van der Waals surface area contributed by atoms with Crippen LogP contribution >= 0.6 is 0 Å². The van der Waals surface area contributed by atoms with E-state index in [4.69, 9.17) is 9.26 Å². The lowest BCUT2D eigenvalue weighted by atomic mass is 10.0. The van der Waals surface area contributed by atoms with Crippen molar-refractivity contribution in [1.29, 1.82) is 0 Å². The number of carbonyl (C=O) groups excluding carboxylic acids is 1. The molecule has 2 aliphatic heterocycles.